The lowest BCUT2D eigenvalue weighted by atomic mass is 10.1. The molecule has 3 aromatic carbocycles. The number of rotatable bonds is 6. The topological polar surface area (TPSA) is 67.4 Å². The van der Waals surface area contributed by atoms with Crippen LogP contribution >= 0.6 is 11.6 Å². The van der Waals surface area contributed by atoms with E-state index < -0.39 is 0 Å². The molecule has 0 spiro atoms. The largest absolute Gasteiger partial charge is 0.495 e. The van der Waals surface area contributed by atoms with Crippen molar-refractivity contribution in [2.75, 3.05) is 17.7 Å². The van der Waals surface area contributed by atoms with Crippen LogP contribution in [0.25, 0.3) is 6.08 Å². The van der Waals surface area contributed by atoms with Crippen LogP contribution in [-0.2, 0) is 4.79 Å². The number of hydrogen-bond acceptors (Lipinski definition) is 3. The Morgan fingerprint density at radius 3 is 2.24 bits per heavy atom. The predicted octanol–water partition coefficient (Wildman–Crippen LogP) is 5.25. The van der Waals surface area contributed by atoms with E-state index in [4.69, 9.17) is 16.3 Å². The predicted molar refractivity (Wildman–Crippen MR) is 117 cm³/mol. The van der Waals surface area contributed by atoms with Gasteiger partial charge in [0, 0.05) is 11.1 Å². The monoisotopic (exact) mass is 406 g/mol. The molecule has 29 heavy (non-hydrogen) atoms. The maximum Gasteiger partial charge on any atom is 0.257 e. The van der Waals surface area contributed by atoms with Crippen molar-refractivity contribution in [1.82, 2.24) is 0 Å². The van der Waals surface area contributed by atoms with E-state index >= 15 is 0 Å². The zero-order valence-electron chi connectivity index (χ0n) is 15.7. The fraction of sp³-hybridized carbons (Fsp3) is 0.0435. The summed E-state index contributed by atoms with van der Waals surface area (Å²) in [5.41, 5.74) is 2.13. The van der Waals surface area contributed by atoms with Gasteiger partial charge in [-0.3, -0.25) is 9.59 Å². The van der Waals surface area contributed by atoms with E-state index in [0.29, 0.717) is 27.7 Å². The van der Waals surface area contributed by atoms with Gasteiger partial charge in [-0.25, -0.2) is 0 Å². The Labute approximate surface area is 174 Å². The molecular weight excluding hydrogens is 388 g/mol. The lowest BCUT2D eigenvalue weighted by molar-refractivity contribution is -0.111. The van der Waals surface area contributed by atoms with E-state index in [1.165, 1.54) is 13.2 Å². The molecule has 0 atom stereocenters. The van der Waals surface area contributed by atoms with E-state index in [9.17, 15) is 9.59 Å². The summed E-state index contributed by atoms with van der Waals surface area (Å²) in [6.45, 7) is 0. The molecule has 0 bridgehead atoms. The zero-order valence-corrected chi connectivity index (χ0v) is 16.4. The average Bonchev–Trinajstić information content (AvgIpc) is 2.74. The van der Waals surface area contributed by atoms with Gasteiger partial charge in [0.1, 0.15) is 5.75 Å². The van der Waals surface area contributed by atoms with Gasteiger partial charge in [0.05, 0.1) is 24.0 Å². The minimum absolute atomic E-state index is 0.339. The Morgan fingerprint density at radius 2 is 1.52 bits per heavy atom. The Balaban J connectivity index is 1.73. The van der Waals surface area contributed by atoms with Gasteiger partial charge in [0.25, 0.3) is 5.91 Å². The third kappa shape index (κ3) is 5.46. The summed E-state index contributed by atoms with van der Waals surface area (Å²) in [6, 6.07) is 21.0. The quantitative estimate of drug-likeness (QED) is 0.549. The van der Waals surface area contributed by atoms with E-state index in [2.05, 4.69) is 10.6 Å². The van der Waals surface area contributed by atoms with Crippen molar-refractivity contribution in [2.45, 2.75) is 0 Å². The van der Waals surface area contributed by atoms with Crippen LogP contribution in [-0.4, -0.2) is 18.9 Å². The van der Waals surface area contributed by atoms with Gasteiger partial charge < -0.3 is 15.4 Å². The SMILES string of the molecule is COc1ccccc1NC(=O)c1ccccc1NC(=O)/C=C/c1ccc(Cl)cc1. The number of para-hydroxylation sites is 3. The zero-order chi connectivity index (χ0) is 20.6. The molecule has 0 aromatic heterocycles. The van der Waals surface area contributed by atoms with Crippen molar-refractivity contribution in [3.05, 3.63) is 95.0 Å². The lowest BCUT2D eigenvalue weighted by Gasteiger charge is -2.12. The van der Waals surface area contributed by atoms with Crippen LogP contribution in [0.3, 0.4) is 0 Å². The van der Waals surface area contributed by atoms with Crippen LogP contribution in [0, 0.1) is 0 Å². The van der Waals surface area contributed by atoms with Gasteiger partial charge in [-0.05, 0) is 48.0 Å². The molecule has 0 aliphatic heterocycles. The van der Waals surface area contributed by atoms with Gasteiger partial charge in [-0.15, -0.1) is 0 Å². The summed E-state index contributed by atoms with van der Waals surface area (Å²) in [5.74, 6) is -0.155. The van der Waals surface area contributed by atoms with Crippen LogP contribution in [0.2, 0.25) is 5.02 Å². The molecule has 3 rings (SSSR count). The first kappa shape index (κ1) is 20.2. The molecule has 0 fully saturated rings. The first-order valence-corrected chi connectivity index (χ1v) is 9.22. The number of halogens is 1. The highest BCUT2D eigenvalue weighted by atomic mass is 35.5. The van der Waals surface area contributed by atoms with E-state index in [0.717, 1.165) is 5.56 Å². The Hall–Kier alpha value is -3.57. The minimum Gasteiger partial charge on any atom is -0.495 e. The van der Waals surface area contributed by atoms with Gasteiger partial charge in [0.2, 0.25) is 5.91 Å². The highest BCUT2D eigenvalue weighted by molar-refractivity contribution is 6.30. The van der Waals surface area contributed by atoms with Crippen molar-refractivity contribution in [2.24, 2.45) is 0 Å². The van der Waals surface area contributed by atoms with Crippen LogP contribution in [0.4, 0.5) is 11.4 Å². The Morgan fingerprint density at radius 1 is 0.862 bits per heavy atom. The second-order valence-corrected chi connectivity index (χ2v) is 6.51. The van der Waals surface area contributed by atoms with Gasteiger partial charge in [-0.2, -0.15) is 0 Å². The molecule has 146 valence electrons. The van der Waals surface area contributed by atoms with E-state index in [-0.39, 0.29) is 11.8 Å². The fourth-order valence-electron chi connectivity index (χ4n) is 2.65. The maximum absolute atomic E-state index is 12.7. The number of benzene rings is 3. The number of methoxy groups -OCH3 is 1. The number of nitrogens with one attached hydrogen (secondary N) is 2. The number of anilines is 2. The van der Waals surface area contributed by atoms with E-state index in [1.807, 2.05) is 6.07 Å². The fourth-order valence-corrected chi connectivity index (χ4v) is 2.77. The first-order chi connectivity index (χ1) is 14.1. The van der Waals surface area contributed by atoms with Gasteiger partial charge >= 0.3 is 0 Å². The summed E-state index contributed by atoms with van der Waals surface area (Å²) in [4.78, 5) is 25.1. The third-order valence-electron chi connectivity index (χ3n) is 4.08. The highest BCUT2D eigenvalue weighted by Crippen LogP contribution is 2.25. The summed E-state index contributed by atoms with van der Waals surface area (Å²) in [5, 5.41) is 6.18. The molecule has 0 saturated heterocycles. The van der Waals surface area contributed by atoms with Crippen LogP contribution in [0.5, 0.6) is 5.75 Å². The lowest BCUT2D eigenvalue weighted by Crippen LogP contribution is -2.17. The molecule has 2 N–H and O–H groups in total. The molecule has 2 amide bonds. The van der Waals surface area contributed by atoms with E-state index in [1.54, 1.807) is 72.8 Å². The van der Waals surface area contributed by atoms with Crippen molar-refractivity contribution in [1.29, 1.82) is 0 Å². The Kier molecular flexibility index (Phi) is 6.66. The molecule has 0 unspecified atom stereocenters. The molecule has 5 nitrogen and oxygen atoms in total. The Bertz CT molecular complexity index is 1050. The average molecular weight is 407 g/mol. The molecule has 0 radical (unpaired) electrons. The maximum atomic E-state index is 12.7. The minimum atomic E-state index is -0.355. The number of carbonyl (C=O) groups excluding carboxylic acids is 2. The van der Waals surface area contributed by atoms with Crippen molar-refractivity contribution < 1.29 is 14.3 Å². The standard InChI is InChI=1S/C23H19ClN2O3/c1-29-21-9-5-4-8-20(21)26-23(28)18-6-2-3-7-19(18)25-22(27)15-12-16-10-13-17(24)14-11-16/h2-15H,1H3,(H,25,27)(H,26,28)/b15-12+. The normalized spacial score (nSPS) is 10.6. The van der Waals surface area contributed by atoms with Crippen LogP contribution in [0.15, 0.2) is 78.9 Å². The highest BCUT2D eigenvalue weighted by Gasteiger charge is 2.14. The molecule has 0 saturated carbocycles. The van der Waals surface area contributed by atoms with Crippen LogP contribution in [0.1, 0.15) is 15.9 Å². The first-order valence-electron chi connectivity index (χ1n) is 8.85. The smallest absolute Gasteiger partial charge is 0.257 e. The third-order valence-corrected chi connectivity index (χ3v) is 4.33. The molecule has 3 aromatic rings. The molecule has 0 aliphatic rings. The number of carbonyl (C=O) groups is 2. The molecular formula is C23H19ClN2O3. The van der Waals surface area contributed by atoms with Crippen molar-refractivity contribution >= 4 is 40.9 Å². The number of ether oxygens (including phenoxy) is 1. The van der Waals surface area contributed by atoms with Crippen LogP contribution < -0.4 is 15.4 Å². The summed E-state index contributed by atoms with van der Waals surface area (Å²) >= 11 is 5.86. The molecule has 0 heterocycles. The summed E-state index contributed by atoms with van der Waals surface area (Å²) in [7, 11) is 1.53. The van der Waals surface area contributed by atoms with Gasteiger partial charge in [0.15, 0.2) is 0 Å². The summed E-state index contributed by atoms with van der Waals surface area (Å²) < 4.78 is 5.26. The van der Waals surface area contributed by atoms with Crippen molar-refractivity contribution in [3.8, 4) is 5.75 Å². The molecule has 6 heteroatoms. The summed E-state index contributed by atoms with van der Waals surface area (Å²) in [6.07, 6.45) is 3.07. The number of amides is 2. The van der Waals surface area contributed by atoms with Gasteiger partial charge in [-0.1, -0.05) is 48.0 Å². The second kappa shape index (κ2) is 9.57. The second-order valence-electron chi connectivity index (χ2n) is 6.07. The molecule has 0 aliphatic carbocycles. The number of hydrogen-bond donors (Lipinski definition) is 2. The van der Waals surface area contributed by atoms with Crippen molar-refractivity contribution in [3.63, 3.8) is 0 Å².